The predicted molar refractivity (Wildman–Crippen MR) is 91.8 cm³/mol. The van der Waals surface area contributed by atoms with Crippen LogP contribution in [-0.4, -0.2) is 19.0 Å². The Kier molecular flexibility index (Phi) is 4.81. The van der Waals surface area contributed by atoms with Gasteiger partial charge in [0.05, 0.1) is 11.4 Å². The Morgan fingerprint density at radius 2 is 2.32 bits per heavy atom. The third-order valence-electron chi connectivity index (χ3n) is 4.22. The summed E-state index contributed by atoms with van der Waals surface area (Å²) < 4.78 is 0. The number of hydrogen-bond donors (Lipinski definition) is 2. The second kappa shape index (κ2) is 6.82. The van der Waals surface area contributed by atoms with Crippen LogP contribution in [0.3, 0.4) is 0 Å². The van der Waals surface area contributed by atoms with Gasteiger partial charge >= 0.3 is 0 Å². The van der Waals surface area contributed by atoms with Gasteiger partial charge in [0.2, 0.25) is 0 Å². The lowest BCUT2D eigenvalue weighted by atomic mass is 10.2. The van der Waals surface area contributed by atoms with Crippen LogP contribution < -0.4 is 10.2 Å². The summed E-state index contributed by atoms with van der Waals surface area (Å²) in [6, 6.07) is 10.3. The molecule has 0 saturated carbocycles. The van der Waals surface area contributed by atoms with Crippen LogP contribution in [0.5, 0.6) is 0 Å². The number of halogens is 1. The number of thiophene rings is 1. The summed E-state index contributed by atoms with van der Waals surface area (Å²) in [5.41, 5.74) is 1.84. The van der Waals surface area contributed by atoms with Crippen molar-refractivity contribution in [3.63, 3.8) is 0 Å². The summed E-state index contributed by atoms with van der Waals surface area (Å²) in [4.78, 5) is 15.1. The van der Waals surface area contributed by atoms with Crippen molar-refractivity contribution in [2.24, 2.45) is 0 Å². The maximum Gasteiger partial charge on any atom is 0.279 e. The van der Waals surface area contributed by atoms with Crippen LogP contribution in [0.25, 0.3) is 0 Å². The molecule has 1 aromatic carbocycles. The molecule has 1 fully saturated rings. The Balaban J connectivity index is 1.64. The van der Waals surface area contributed by atoms with E-state index in [4.69, 9.17) is 11.6 Å². The number of quaternary nitrogens is 1. The van der Waals surface area contributed by atoms with Crippen LogP contribution >= 0.6 is 22.9 Å². The number of nitrogens with one attached hydrogen (secondary N) is 2. The number of aryl methyl sites for hydroxylation is 1. The Morgan fingerprint density at radius 3 is 3.05 bits per heavy atom. The maximum atomic E-state index is 12.4. The van der Waals surface area contributed by atoms with Gasteiger partial charge in [-0.25, -0.2) is 0 Å². The average molecular weight is 336 g/mol. The first-order valence-electron chi connectivity index (χ1n) is 7.57. The summed E-state index contributed by atoms with van der Waals surface area (Å²) in [5, 5.41) is 5.82. The van der Waals surface area contributed by atoms with Crippen molar-refractivity contribution in [2.75, 3.05) is 18.4 Å². The first kappa shape index (κ1) is 15.5. The van der Waals surface area contributed by atoms with E-state index in [1.807, 2.05) is 19.1 Å². The second-order valence-corrected chi connectivity index (χ2v) is 7.22. The van der Waals surface area contributed by atoms with Gasteiger partial charge in [-0.2, -0.15) is 0 Å². The van der Waals surface area contributed by atoms with Crippen molar-refractivity contribution in [1.29, 1.82) is 0 Å². The lowest BCUT2D eigenvalue weighted by Crippen LogP contribution is -3.11. The molecule has 5 heteroatoms. The lowest BCUT2D eigenvalue weighted by molar-refractivity contribution is -0.910. The molecule has 2 heterocycles. The standard InChI is InChI=1S/C17H19ClN2OS/c1-12-10-13(18)6-7-14(12)19-17(21)11-20-8-2-4-15(20)16-5-3-9-22-16/h3,5-7,9-10,15H,2,4,8,11H2,1H3,(H,19,21)/p+1/t15-/m1/s1. The first-order chi connectivity index (χ1) is 10.6. The lowest BCUT2D eigenvalue weighted by Gasteiger charge is -2.20. The Hall–Kier alpha value is -1.36. The van der Waals surface area contributed by atoms with E-state index in [1.54, 1.807) is 17.4 Å². The van der Waals surface area contributed by atoms with Crippen molar-refractivity contribution in [3.05, 3.63) is 51.2 Å². The fraction of sp³-hybridized carbons (Fsp3) is 0.353. The highest BCUT2D eigenvalue weighted by atomic mass is 35.5. The molecule has 1 saturated heterocycles. The topological polar surface area (TPSA) is 33.5 Å². The van der Waals surface area contributed by atoms with Gasteiger partial charge in [-0.3, -0.25) is 4.79 Å². The van der Waals surface area contributed by atoms with Crippen molar-refractivity contribution < 1.29 is 9.69 Å². The van der Waals surface area contributed by atoms with Crippen LogP contribution in [0, 0.1) is 6.92 Å². The molecule has 0 spiro atoms. The zero-order valence-corrected chi connectivity index (χ0v) is 14.1. The van der Waals surface area contributed by atoms with E-state index >= 15 is 0 Å². The molecule has 2 atom stereocenters. The minimum Gasteiger partial charge on any atom is -0.321 e. The van der Waals surface area contributed by atoms with Crippen molar-refractivity contribution in [1.82, 2.24) is 0 Å². The fourth-order valence-corrected chi connectivity index (χ4v) is 4.27. The molecule has 1 aromatic heterocycles. The Labute approximate surface area is 139 Å². The number of rotatable bonds is 4. The summed E-state index contributed by atoms with van der Waals surface area (Å²) in [7, 11) is 0. The molecule has 0 bridgehead atoms. The summed E-state index contributed by atoms with van der Waals surface area (Å²) >= 11 is 7.74. The Bertz CT molecular complexity index is 657. The zero-order valence-electron chi connectivity index (χ0n) is 12.6. The van der Waals surface area contributed by atoms with E-state index < -0.39 is 0 Å². The van der Waals surface area contributed by atoms with Gasteiger partial charge in [-0.05, 0) is 42.1 Å². The van der Waals surface area contributed by atoms with Gasteiger partial charge < -0.3 is 10.2 Å². The molecule has 116 valence electrons. The molecule has 1 unspecified atom stereocenters. The van der Waals surface area contributed by atoms with Gasteiger partial charge in [0.15, 0.2) is 6.54 Å². The molecular weight excluding hydrogens is 316 g/mol. The number of likely N-dealkylation sites (tertiary alicyclic amines) is 1. The van der Waals surface area contributed by atoms with Gasteiger partial charge in [0.1, 0.15) is 6.04 Å². The van der Waals surface area contributed by atoms with Gasteiger partial charge in [-0.1, -0.05) is 17.7 Å². The second-order valence-electron chi connectivity index (χ2n) is 5.80. The van der Waals surface area contributed by atoms with Crippen LogP contribution in [0.15, 0.2) is 35.7 Å². The smallest absolute Gasteiger partial charge is 0.279 e. The van der Waals surface area contributed by atoms with E-state index in [0.717, 1.165) is 17.8 Å². The minimum absolute atomic E-state index is 0.0730. The van der Waals surface area contributed by atoms with Crippen LogP contribution in [0.4, 0.5) is 5.69 Å². The van der Waals surface area contributed by atoms with E-state index in [-0.39, 0.29) is 5.91 Å². The summed E-state index contributed by atoms with van der Waals surface area (Å²) in [6.07, 6.45) is 2.36. The average Bonchev–Trinajstić information content (AvgIpc) is 3.12. The van der Waals surface area contributed by atoms with E-state index in [1.165, 1.54) is 22.6 Å². The largest absolute Gasteiger partial charge is 0.321 e. The Morgan fingerprint density at radius 1 is 1.45 bits per heavy atom. The number of carbonyl (C=O) groups excluding carboxylic acids is 1. The predicted octanol–water partition coefficient (Wildman–Crippen LogP) is 3.07. The maximum absolute atomic E-state index is 12.4. The van der Waals surface area contributed by atoms with Crippen molar-refractivity contribution in [3.8, 4) is 0 Å². The third-order valence-corrected chi connectivity index (χ3v) is 5.44. The minimum atomic E-state index is 0.0730. The molecule has 1 amide bonds. The number of carbonyl (C=O) groups is 1. The number of anilines is 1. The molecule has 0 radical (unpaired) electrons. The van der Waals surface area contributed by atoms with E-state index in [9.17, 15) is 4.79 Å². The molecule has 22 heavy (non-hydrogen) atoms. The number of amides is 1. The molecule has 1 aliphatic rings. The van der Waals surface area contributed by atoms with E-state index in [2.05, 4.69) is 22.8 Å². The highest BCUT2D eigenvalue weighted by Crippen LogP contribution is 2.23. The van der Waals surface area contributed by atoms with Gasteiger partial charge in [-0.15, -0.1) is 11.3 Å². The molecule has 3 rings (SSSR count). The number of benzene rings is 1. The van der Waals surface area contributed by atoms with Crippen molar-refractivity contribution >= 4 is 34.5 Å². The normalized spacial score (nSPS) is 21.0. The molecule has 2 aromatic rings. The van der Waals surface area contributed by atoms with Crippen molar-refractivity contribution in [2.45, 2.75) is 25.8 Å². The molecule has 3 nitrogen and oxygen atoms in total. The molecule has 1 aliphatic heterocycles. The quantitative estimate of drug-likeness (QED) is 0.884. The monoisotopic (exact) mass is 335 g/mol. The molecular formula is C17H20ClN2OS+. The van der Waals surface area contributed by atoms with Gasteiger partial charge in [0.25, 0.3) is 5.91 Å². The van der Waals surface area contributed by atoms with Crippen LogP contribution in [-0.2, 0) is 4.79 Å². The van der Waals surface area contributed by atoms with Gasteiger partial charge in [0, 0.05) is 23.6 Å². The molecule has 0 aliphatic carbocycles. The summed E-state index contributed by atoms with van der Waals surface area (Å²) in [5.74, 6) is 0.0730. The zero-order chi connectivity index (χ0) is 15.5. The molecule has 2 N–H and O–H groups in total. The SMILES string of the molecule is Cc1cc(Cl)ccc1NC(=O)C[NH+]1CCC[C@@H]1c1cccs1. The summed E-state index contributed by atoms with van der Waals surface area (Å²) in [6.45, 7) is 3.54. The first-order valence-corrected chi connectivity index (χ1v) is 8.83. The third kappa shape index (κ3) is 3.51. The van der Waals surface area contributed by atoms with Crippen LogP contribution in [0.1, 0.15) is 29.3 Å². The highest BCUT2D eigenvalue weighted by Gasteiger charge is 2.32. The highest BCUT2D eigenvalue weighted by molar-refractivity contribution is 7.10. The number of hydrogen-bond acceptors (Lipinski definition) is 2. The fourth-order valence-electron chi connectivity index (χ4n) is 3.12. The van der Waals surface area contributed by atoms with Crippen LogP contribution in [0.2, 0.25) is 5.02 Å². The van der Waals surface area contributed by atoms with E-state index in [0.29, 0.717) is 17.6 Å².